The zero-order chi connectivity index (χ0) is 18.0. The molecule has 25 heavy (non-hydrogen) atoms. The molecule has 0 spiro atoms. The van der Waals surface area contributed by atoms with Gasteiger partial charge in [0, 0.05) is 12.0 Å². The molecule has 1 saturated carbocycles. The minimum Gasteiger partial charge on any atom is -0.497 e. The van der Waals surface area contributed by atoms with Crippen LogP contribution in [0.3, 0.4) is 0 Å². The van der Waals surface area contributed by atoms with Gasteiger partial charge in [0.25, 0.3) is 0 Å². The molecular weight excluding hydrogens is 334 g/mol. The number of benzene rings is 2. The Morgan fingerprint density at radius 2 is 2.00 bits per heavy atom. The number of hydrogen-bond donors (Lipinski definition) is 2. The Morgan fingerprint density at radius 1 is 1.28 bits per heavy atom. The second kappa shape index (κ2) is 7.11. The Morgan fingerprint density at radius 3 is 2.64 bits per heavy atom. The van der Waals surface area contributed by atoms with E-state index in [1.807, 2.05) is 18.2 Å². The van der Waals surface area contributed by atoms with Gasteiger partial charge in [0.05, 0.1) is 12.8 Å². The van der Waals surface area contributed by atoms with Crippen molar-refractivity contribution in [2.75, 3.05) is 12.1 Å². The Labute approximate surface area is 152 Å². The fourth-order valence-electron chi connectivity index (χ4n) is 2.86. The van der Waals surface area contributed by atoms with Crippen molar-refractivity contribution in [1.29, 1.82) is 0 Å². The lowest BCUT2D eigenvalue weighted by atomic mass is 10.1. The lowest BCUT2D eigenvalue weighted by Gasteiger charge is -2.23. The van der Waals surface area contributed by atoms with E-state index in [0.29, 0.717) is 11.4 Å². The third-order valence-electron chi connectivity index (χ3n) is 4.39. The maximum Gasteiger partial charge on any atom is 0.242 e. The monoisotopic (exact) mass is 355 g/mol. The standard InChI is InChI=1S/C19H21N3O2S/c1-12-6-8-13(9-7-12)16-11-17(16)18(23)21-22(19(20)25)14-4-3-5-15(10-14)24-2/h3-10,16-17H,11H2,1-2H3,(H2,20,25)(H,21,23). The number of carbonyl (C=O) groups excluding carboxylic acids is 1. The van der Waals surface area contributed by atoms with Gasteiger partial charge < -0.3 is 10.5 Å². The number of nitrogens with zero attached hydrogens (tertiary/aromatic N) is 1. The molecule has 0 saturated heterocycles. The molecule has 0 bridgehead atoms. The molecule has 1 fully saturated rings. The second-order valence-corrected chi connectivity index (χ2v) is 6.63. The molecule has 2 unspecified atom stereocenters. The van der Waals surface area contributed by atoms with Crippen molar-refractivity contribution < 1.29 is 9.53 Å². The molecule has 0 heterocycles. The quantitative estimate of drug-likeness (QED) is 0.652. The van der Waals surface area contributed by atoms with Gasteiger partial charge in [-0.3, -0.25) is 10.2 Å². The molecule has 6 heteroatoms. The third-order valence-corrected chi connectivity index (χ3v) is 4.57. The summed E-state index contributed by atoms with van der Waals surface area (Å²) in [5, 5.41) is 1.50. The molecule has 3 rings (SSSR count). The van der Waals surface area contributed by atoms with Crippen LogP contribution in [0.1, 0.15) is 23.5 Å². The van der Waals surface area contributed by atoms with Crippen LogP contribution in [-0.4, -0.2) is 18.1 Å². The van der Waals surface area contributed by atoms with E-state index in [0.717, 1.165) is 6.42 Å². The number of methoxy groups -OCH3 is 1. The molecular formula is C19H21N3O2S. The molecule has 130 valence electrons. The number of hydrazine groups is 1. The highest BCUT2D eigenvalue weighted by Gasteiger charge is 2.44. The van der Waals surface area contributed by atoms with E-state index in [4.69, 9.17) is 22.7 Å². The fourth-order valence-corrected chi connectivity index (χ4v) is 3.01. The molecule has 2 aromatic rings. The lowest BCUT2D eigenvalue weighted by molar-refractivity contribution is -0.122. The van der Waals surface area contributed by atoms with Crippen molar-refractivity contribution in [3.8, 4) is 5.75 Å². The van der Waals surface area contributed by atoms with Crippen LogP contribution < -0.4 is 20.9 Å². The van der Waals surface area contributed by atoms with Gasteiger partial charge in [-0.05, 0) is 49.2 Å². The van der Waals surface area contributed by atoms with Gasteiger partial charge in [0.1, 0.15) is 5.75 Å². The average Bonchev–Trinajstić information content (AvgIpc) is 3.40. The number of nitrogens with one attached hydrogen (secondary N) is 1. The van der Waals surface area contributed by atoms with Crippen LogP contribution in [0, 0.1) is 12.8 Å². The van der Waals surface area contributed by atoms with Gasteiger partial charge in [-0.25, -0.2) is 5.01 Å². The van der Waals surface area contributed by atoms with Gasteiger partial charge in [0.15, 0.2) is 5.11 Å². The normalized spacial score (nSPS) is 18.3. The summed E-state index contributed by atoms with van der Waals surface area (Å²) in [6, 6.07) is 15.5. The maximum absolute atomic E-state index is 12.6. The van der Waals surface area contributed by atoms with E-state index in [2.05, 4.69) is 36.6 Å². The highest BCUT2D eigenvalue weighted by molar-refractivity contribution is 7.80. The molecule has 1 aliphatic rings. The molecule has 1 aliphatic carbocycles. The van der Waals surface area contributed by atoms with E-state index in [9.17, 15) is 4.79 Å². The van der Waals surface area contributed by atoms with Crippen molar-refractivity contribution in [3.05, 3.63) is 59.7 Å². The van der Waals surface area contributed by atoms with Gasteiger partial charge in [-0.1, -0.05) is 35.9 Å². The summed E-state index contributed by atoms with van der Waals surface area (Å²) >= 11 is 5.09. The van der Waals surface area contributed by atoms with E-state index in [1.54, 1.807) is 13.2 Å². The number of hydrogen-bond acceptors (Lipinski definition) is 3. The summed E-state index contributed by atoms with van der Waals surface area (Å²) < 4.78 is 5.21. The first-order valence-corrected chi connectivity index (χ1v) is 8.51. The molecule has 3 N–H and O–H groups in total. The van der Waals surface area contributed by atoms with Crippen LogP contribution in [0.2, 0.25) is 0 Å². The van der Waals surface area contributed by atoms with Gasteiger partial charge in [-0.15, -0.1) is 0 Å². The maximum atomic E-state index is 12.6. The number of nitrogens with two attached hydrogens (primary N) is 1. The zero-order valence-electron chi connectivity index (χ0n) is 14.2. The van der Waals surface area contributed by atoms with Crippen molar-refractivity contribution in [1.82, 2.24) is 5.43 Å². The predicted octanol–water partition coefficient (Wildman–Crippen LogP) is 2.89. The van der Waals surface area contributed by atoms with Crippen LogP contribution >= 0.6 is 12.2 Å². The zero-order valence-corrected chi connectivity index (χ0v) is 15.0. The molecule has 1 amide bonds. The first kappa shape index (κ1) is 17.2. The number of carbonyl (C=O) groups is 1. The Bertz CT molecular complexity index is 792. The molecule has 5 nitrogen and oxygen atoms in total. The van der Waals surface area contributed by atoms with Gasteiger partial charge >= 0.3 is 0 Å². The highest BCUT2D eigenvalue weighted by atomic mass is 32.1. The first-order chi connectivity index (χ1) is 12.0. The van der Waals surface area contributed by atoms with Crippen molar-refractivity contribution >= 4 is 28.9 Å². The predicted molar refractivity (Wildman–Crippen MR) is 102 cm³/mol. The summed E-state index contributed by atoms with van der Waals surface area (Å²) in [6.07, 6.45) is 0.832. The van der Waals surface area contributed by atoms with Crippen molar-refractivity contribution in [3.63, 3.8) is 0 Å². The number of ether oxygens (including phenoxy) is 1. The Balaban J connectivity index is 1.70. The highest BCUT2D eigenvalue weighted by Crippen LogP contribution is 2.47. The van der Waals surface area contributed by atoms with Gasteiger partial charge in [-0.2, -0.15) is 0 Å². The second-order valence-electron chi connectivity index (χ2n) is 6.21. The molecule has 2 aromatic carbocycles. The minimum atomic E-state index is -0.0822. The van der Waals surface area contributed by atoms with E-state index in [1.165, 1.54) is 16.1 Å². The molecule has 2 atom stereocenters. The van der Waals surface area contributed by atoms with Crippen LogP contribution in [0.15, 0.2) is 48.5 Å². The number of rotatable bonds is 4. The molecule has 0 aromatic heterocycles. The van der Waals surface area contributed by atoms with Gasteiger partial charge in [0.2, 0.25) is 5.91 Å². The van der Waals surface area contributed by atoms with Crippen LogP contribution in [0.5, 0.6) is 5.75 Å². The van der Waals surface area contributed by atoms with Crippen molar-refractivity contribution in [2.24, 2.45) is 11.7 Å². The van der Waals surface area contributed by atoms with Crippen LogP contribution in [0.25, 0.3) is 0 Å². The number of anilines is 1. The van der Waals surface area contributed by atoms with Crippen LogP contribution in [-0.2, 0) is 4.79 Å². The molecule has 0 aliphatic heterocycles. The first-order valence-electron chi connectivity index (χ1n) is 8.10. The Kier molecular flexibility index (Phi) is 4.90. The number of amides is 1. The summed E-state index contributed by atoms with van der Waals surface area (Å²) in [5.41, 5.74) is 11.7. The van der Waals surface area contributed by atoms with Crippen molar-refractivity contribution in [2.45, 2.75) is 19.3 Å². The topological polar surface area (TPSA) is 67.6 Å². The smallest absolute Gasteiger partial charge is 0.242 e. The Hall–Kier alpha value is -2.60. The van der Waals surface area contributed by atoms with E-state index < -0.39 is 0 Å². The lowest BCUT2D eigenvalue weighted by Crippen LogP contribution is -2.49. The number of aryl methyl sites for hydroxylation is 1. The van der Waals surface area contributed by atoms with E-state index >= 15 is 0 Å². The SMILES string of the molecule is COc1cccc(N(NC(=O)C2CC2c2ccc(C)cc2)C(N)=S)c1. The number of thiocarbonyl (C=S) groups is 1. The minimum absolute atomic E-state index is 0.0647. The third kappa shape index (κ3) is 3.91. The summed E-state index contributed by atoms with van der Waals surface area (Å²) in [6.45, 7) is 2.05. The largest absolute Gasteiger partial charge is 0.497 e. The fraction of sp³-hybridized carbons (Fsp3) is 0.263. The van der Waals surface area contributed by atoms with Crippen LogP contribution in [0.4, 0.5) is 5.69 Å². The average molecular weight is 355 g/mol. The molecule has 0 radical (unpaired) electrons. The summed E-state index contributed by atoms with van der Waals surface area (Å²) in [4.78, 5) is 12.6. The summed E-state index contributed by atoms with van der Waals surface area (Å²) in [5.74, 6) is 0.766. The van der Waals surface area contributed by atoms with E-state index in [-0.39, 0.29) is 22.9 Å². The summed E-state index contributed by atoms with van der Waals surface area (Å²) in [7, 11) is 1.58.